The van der Waals surface area contributed by atoms with Crippen molar-refractivity contribution in [2.45, 2.75) is 83.1 Å². The van der Waals surface area contributed by atoms with Gasteiger partial charge in [0.2, 0.25) is 0 Å². The first-order chi connectivity index (χ1) is 26.8. The number of anilines is 2. The van der Waals surface area contributed by atoms with Gasteiger partial charge in [0.25, 0.3) is 32.1 Å². The number of unbranched alkanes of at least 4 members (excludes halogenated alkanes) is 2. The average molecular weight is 820 g/mol. The number of hydroxylamine groups is 2. The SMILES string of the molecule is CC1(C)/C(=C/C=C/C=C/C2N(CCCCS(=O)(=O)O)c3ccc4ccccc4c3C2(C)C)N(CCCCS(=O)(=O)O)c2ccc(C(=O)ON3C(=O)CCC3=O)cc21. The fourth-order valence-corrected chi connectivity index (χ4v) is 9.44. The summed E-state index contributed by atoms with van der Waals surface area (Å²) in [5.74, 6) is -2.65. The molecule has 1 unspecified atom stereocenters. The van der Waals surface area contributed by atoms with Gasteiger partial charge in [-0.3, -0.25) is 18.7 Å². The Kier molecular flexibility index (Phi) is 11.9. The van der Waals surface area contributed by atoms with Crippen molar-refractivity contribution < 1.29 is 45.2 Å². The van der Waals surface area contributed by atoms with Crippen molar-refractivity contribution in [1.82, 2.24) is 5.06 Å². The van der Waals surface area contributed by atoms with Crippen molar-refractivity contribution in [3.63, 3.8) is 0 Å². The number of amides is 2. The highest BCUT2D eigenvalue weighted by molar-refractivity contribution is 7.86. The highest BCUT2D eigenvalue weighted by atomic mass is 32.2. The van der Waals surface area contributed by atoms with Gasteiger partial charge in [0.15, 0.2) is 0 Å². The molecule has 0 radical (unpaired) electrons. The molecule has 0 aromatic heterocycles. The molecule has 3 aromatic rings. The van der Waals surface area contributed by atoms with E-state index < -0.39 is 43.4 Å². The number of hydrogen-bond donors (Lipinski definition) is 2. The van der Waals surface area contributed by atoms with Crippen LogP contribution in [0.15, 0.2) is 90.7 Å². The minimum Gasteiger partial charge on any atom is -0.364 e. The summed E-state index contributed by atoms with van der Waals surface area (Å²) >= 11 is 0. The van der Waals surface area contributed by atoms with Gasteiger partial charge in [-0.25, -0.2) is 4.79 Å². The standard InChI is InChI=1S/C42H49N3O10S2/c1-41(2)32-28-30(40(48)55-45-37(46)22-23-38(45)47)19-20-33(32)43(24-10-12-26-56(49,50)51)35(41)16-6-5-7-17-36-42(3,4)39-31-15-9-8-14-29(31)18-21-34(39)44(36)25-11-13-27-57(52,53)54/h5-9,14-21,28,36H,10-13,22-27H2,1-4H3,(H,49,50,51)(H,52,53,54)/b6-5+,17-7+,35-16-. The van der Waals surface area contributed by atoms with E-state index in [0.29, 0.717) is 37.4 Å². The maximum Gasteiger partial charge on any atom is 0.363 e. The van der Waals surface area contributed by atoms with Crippen LogP contribution in [0.4, 0.5) is 11.4 Å². The van der Waals surface area contributed by atoms with Gasteiger partial charge in [-0.05, 0) is 77.9 Å². The number of rotatable bonds is 15. The van der Waals surface area contributed by atoms with E-state index in [1.165, 1.54) is 5.56 Å². The van der Waals surface area contributed by atoms with Crippen LogP contribution in [0, 0.1) is 0 Å². The number of hydrogen-bond acceptors (Lipinski definition) is 10. The summed E-state index contributed by atoms with van der Waals surface area (Å²) in [5, 5.41) is 2.81. The summed E-state index contributed by atoms with van der Waals surface area (Å²) in [5.41, 5.74) is 3.98. The zero-order valence-corrected chi connectivity index (χ0v) is 34.2. The number of allylic oxidation sites excluding steroid dienone is 5. The summed E-state index contributed by atoms with van der Waals surface area (Å²) in [6.07, 6.45) is 11.5. The highest BCUT2D eigenvalue weighted by Crippen LogP contribution is 2.50. The van der Waals surface area contributed by atoms with E-state index in [1.807, 2.05) is 50.3 Å². The zero-order valence-electron chi connectivity index (χ0n) is 32.5. The van der Waals surface area contributed by atoms with E-state index in [2.05, 4.69) is 54.0 Å². The topological polar surface area (TPSA) is 179 Å². The Hall–Kier alpha value is -4.83. The summed E-state index contributed by atoms with van der Waals surface area (Å²) in [4.78, 5) is 46.8. The van der Waals surface area contributed by atoms with Crippen LogP contribution in [0.5, 0.6) is 0 Å². The fourth-order valence-electron chi connectivity index (χ4n) is 8.31. The lowest BCUT2D eigenvalue weighted by atomic mass is 9.78. The molecular weight excluding hydrogens is 771 g/mol. The molecule has 15 heteroatoms. The Labute approximate surface area is 334 Å². The second-order valence-corrected chi connectivity index (χ2v) is 19.0. The van der Waals surface area contributed by atoms with Gasteiger partial charge in [0, 0.05) is 53.8 Å². The first-order valence-corrected chi connectivity index (χ1v) is 22.3. The van der Waals surface area contributed by atoms with Crippen LogP contribution in [0.2, 0.25) is 0 Å². The number of carbonyl (C=O) groups is 3. The maximum atomic E-state index is 13.1. The molecule has 0 saturated carbocycles. The first kappa shape index (κ1) is 41.8. The zero-order chi connectivity index (χ0) is 41.3. The minimum absolute atomic E-state index is 0.0199. The molecule has 0 spiro atoms. The minimum atomic E-state index is -4.12. The smallest absolute Gasteiger partial charge is 0.363 e. The third kappa shape index (κ3) is 9.01. The Morgan fingerprint density at radius 2 is 1.44 bits per heavy atom. The van der Waals surface area contributed by atoms with E-state index in [1.54, 1.807) is 18.2 Å². The molecule has 0 aliphatic carbocycles. The molecule has 57 heavy (non-hydrogen) atoms. The van der Waals surface area contributed by atoms with E-state index in [-0.39, 0.29) is 47.8 Å². The molecule has 3 heterocycles. The molecule has 0 bridgehead atoms. The quantitative estimate of drug-likeness (QED) is 0.0723. The van der Waals surface area contributed by atoms with Crippen LogP contribution in [-0.2, 0) is 45.5 Å². The van der Waals surface area contributed by atoms with Crippen LogP contribution in [-0.4, -0.2) is 79.4 Å². The van der Waals surface area contributed by atoms with Gasteiger partial charge >= 0.3 is 5.97 Å². The lowest BCUT2D eigenvalue weighted by Gasteiger charge is -2.32. The molecule has 2 amide bonds. The largest absolute Gasteiger partial charge is 0.364 e. The van der Waals surface area contributed by atoms with Crippen LogP contribution < -0.4 is 9.80 Å². The van der Waals surface area contributed by atoms with Crippen LogP contribution >= 0.6 is 0 Å². The molecule has 13 nitrogen and oxygen atoms in total. The number of imide groups is 1. The van der Waals surface area contributed by atoms with Gasteiger partial charge in [0.05, 0.1) is 23.1 Å². The van der Waals surface area contributed by atoms with E-state index in [9.17, 15) is 40.3 Å². The molecule has 2 N–H and O–H groups in total. The Balaban J connectivity index is 1.27. The van der Waals surface area contributed by atoms with Crippen LogP contribution in [0.25, 0.3) is 10.8 Å². The van der Waals surface area contributed by atoms with E-state index >= 15 is 0 Å². The Bertz CT molecular complexity index is 2380. The molecule has 1 fully saturated rings. The predicted molar refractivity (Wildman–Crippen MR) is 219 cm³/mol. The monoisotopic (exact) mass is 819 g/mol. The average Bonchev–Trinajstić information content (AvgIpc) is 3.65. The highest BCUT2D eigenvalue weighted by Gasteiger charge is 2.44. The first-order valence-electron chi connectivity index (χ1n) is 19.0. The second-order valence-electron chi connectivity index (χ2n) is 15.8. The predicted octanol–water partition coefficient (Wildman–Crippen LogP) is 6.66. The molecule has 3 aromatic carbocycles. The normalized spacial score (nSPS) is 19.8. The molecule has 1 atom stereocenters. The fraction of sp³-hybridized carbons (Fsp3) is 0.405. The molecule has 6 rings (SSSR count). The summed E-state index contributed by atoms with van der Waals surface area (Å²) in [7, 11) is -8.18. The number of benzene rings is 3. The van der Waals surface area contributed by atoms with Crippen molar-refractivity contribution in [3.8, 4) is 0 Å². The van der Waals surface area contributed by atoms with Crippen LogP contribution in [0.3, 0.4) is 0 Å². The van der Waals surface area contributed by atoms with Gasteiger partial charge in [-0.2, -0.15) is 16.8 Å². The third-order valence-corrected chi connectivity index (χ3v) is 12.7. The van der Waals surface area contributed by atoms with Crippen molar-refractivity contribution in [2.24, 2.45) is 0 Å². The molecule has 3 aliphatic rings. The summed E-state index contributed by atoms with van der Waals surface area (Å²) in [6.45, 7) is 9.44. The molecule has 3 aliphatic heterocycles. The van der Waals surface area contributed by atoms with Gasteiger partial charge in [0.1, 0.15) is 0 Å². The van der Waals surface area contributed by atoms with Crippen molar-refractivity contribution in [1.29, 1.82) is 0 Å². The van der Waals surface area contributed by atoms with Crippen molar-refractivity contribution >= 4 is 60.2 Å². The van der Waals surface area contributed by atoms with Crippen molar-refractivity contribution in [3.05, 3.63) is 107 Å². The third-order valence-electron chi connectivity index (χ3n) is 11.1. The number of carbonyl (C=O) groups excluding carboxylic acids is 3. The Morgan fingerprint density at radius 1 is 0.807 bits per heavy atom. The number of fused-ring (bicyclic) bond motifs is 4. The van der Waals surface area contributed by atoms with Gasteiger partial charge in [-0.15, -0.1) is 5.06 Å². The molecular formula is C42H49N3O10S2. The van der Waals surface area contributed by atoms with E-state index in [4.69, 9.17) is 4.84 Å². The van der Waals surface area contributed by atoms with Gasteiger partial charge in [-0.1, -0.05) is 82.3 Å². The van der Waals surface area contributed by atoms with Crippen LogP contribution in [0.1, 0.15) is 87.7 Å². The lowest BCUT2D eigenvalue weighted by Crippen LogP contribution is -2.40. The summed E-state index contributed by atoms with van der Waals surface area (Å²) in [6, 6.07) is 17.4. The molecule has 304 valence electrons. The Morgan fingerprint density at radius 3 is 2.11 bits per heavy atom. The van der Waals surface area contributed by atoms with E-state index in [0.717, 1.165) is 33.4 Å². The second kappa shape index (κ2) is 16.2. The molecule has 1 saturated heterocycles. The lowest BCUT2D eigenvalue weighted by molar-refractivity contribution is -0.172. The van der Waals surface area contributed by atoms with Gasteiger partial charge < -0.3 is 14.6 Å². The maximum absolute atomic E-state index is 13.1. The summed E-state index contributed by atoms with van der Waals surface area (Å²) < 4.78 is 64.3. The van der Waals surface area contributed by atoms with Crippen molar-refractivity contribution in [2.75, 3.05) is 34.4 Å². The number of nitrogens with zero attached hydrogens (tertiary/aromatic N) is 3.